The Labute approximate surface area is 155 Å². The summed E-state index contributed by atoms with van der Waals surface area (Å²) in [7, 11) is 0. The van der Waals surface area contributed by atoms with Crippen molar-refractivity contribution in [1.82, 2.24) is 24.8 Å². The van der Waals surface area contributed by atoms with Crippen molar-refractivity contribution < 1.29 is 9.50 Å². The molecule has 142 valence electrons. The average Bonchev–Trinajstić information content (AvgIpc) is 3.13. The molecule has 0 spiro atoms. The summed E-state index contributed by atoms with van der Waals surface area (Å²) in [5.74, 6) is 0.692. The minimum atomic E-state index is -0.236. The highest BCUT2D eigenvalue weighted by Gasteiger charge is 2.29. The third kappa shape index (κ3) is 3.69. The van der Waals surface area contributed by atoms with E-state index in [9.17, 15) is 9.50 Å². The first-order chi connectivity index (χ1) is 13.1. The normalized spacial score (nSPS) is 18.3. The lowest BCUT2D eigenvalue weighted by atomic mass is 10.1. The van der Waals surface area contributed by atoms with Crippen LogP contribution in [0.5, 0.6) is 0 Å². The molecule has 0 amide bonds. The summed E-state index contributed by atoms with van der Waals surface area (Å²) in [6.45, 7) is 3.07. The number of rotatable bonds is 5. The second kappa shape index (κ2) is 7.45. The van der Waals surface area contributed by atoms with Crippen LogP contribution in [0.25, 0.3) is 11.2 Å². The molecule has 0 radical (unpaired) electrons. The Bertz CT molecular complexity index is 914. The van der Waals surface area contributed by atoms with Crippen LogP contribution in [0.15, 0.2) is 30.6 Å². The minimum absolute atomic E-state index is 0.101. The molecule has 1 aromatic carbocycles. The van der Waals surface area contributed by atoms with Crippen molar-refractivity contribution in [3.05, 3.63) is 42.0 Å². The Morgan fingerprint density at radius 3 is 2.81 bits per heavy atom. The number of aromatic amines is 1. The molecule has 9 heteroatoms. The van der Waals surface area contributed by atoms with Gasteiger partial charge in [-0.05, 0) is 24.1 Å². The monoisotopic (exact) mass is 371 g/mol. The summed E-state index contributed by atoms with van der Waals surface area (Å²) in [4.78, 5) is 20.3. The van der Waals surface area contributed by atoms with Gasteiger partial charge in [-0.25, -0.2) is 9.37 Å². The summed E-state index contributed by atoms with van der Waals surface area (Å²) in [5, 5.41) is 9.52. The van der Waals surface area contributed by atoms with Crippen molar-refractivity contribution in [1.29, 1.82) is 0 Å². The van der Waals surface area contributed by atoms with Crippen molar-refractivity contribution in [3.8, 4) is 0 Å². The highest BCUT2D eigenvalue weighted by Crippen LogP contribution is 2.26. The highest BCUT2D eigenvalue weighted by molar-refractivity contribution is 5.84. The van der Waals surface area contributed by atoms with Crippen LogP contribution in [0.1, 0.15) is 12.0 Å². The van der Waals surface area contributed by atoms with Gasteiger partial charge in [0.2, 0.25) is 5.95 Å². The number of halogens is 1. The third-order valence-corrected chi connectivity index (χ3v) is 4.95. The molecule has 1 fully saturated rings. The van der Waals surface area contributed by atoms with Crippen LogP contribution in [0.2, 0.25) is 0 Å². The number of hydrogen-bond donors (Lipinski definition) is 3. The Morgan fingerprint density at radius 1 is 1.22 bits per heavy atom. The molecule has 1 atom stereocenters. The van der Waals surface area contributed by atoms with E-state index in [0.717, 1.165) is 30.0 Å². The number of piperazine rings is 1. The maximum atomic E-state index is 13.2. The topological polar surface area (TPSA) is 107 Å². The van der Waals surface area contributed by atoms with E-state index in [1.165, 1.54) is 12.1 Å². The molecule has 1 aliphatic rings. The Morgan fingerprint density at radius 2 is 2.04 bits per heavy atom. The van der Waals surface area contributed by atoms with Gasteiger partial charge in [0.1, 0.15) is 11.3 Å². The number of nitrogens with zero attached hydrogens (tertiary/aromatic N) is 5. The number of fused-ring (bicyclic) bond motifs is 1. The molecule has 4 N–H and O–H groups in total. The number of nitrogens with one attached hydrogen (secondary N) is 1. The lowest BCUT2D eigenvalue weighted by Gasteiger charge is -2.42. The standard InChI is InChI=1S/C18H22FN7O/c19-13-3-1-12(2-4-13)9-25-6-7-26(10-14(25)5-8-27)17-15-16(22-11-21-15)23-18(20)24-17/h1-4,11,14,27H,5-10H2,(H3,20,21,22,23,24)/t14-/m1/s1. The number of hydrogen-bond acceptors (Lipinski definition) is 7. The van der Waals surface area contributed by atoms with Crippen LogP contribution < -0.4 is 10.6 Å². The summed E-state index contributed by atoms with van der Waals surface area (Å²) >= 11 is 0. The number of imidazole rings is 1. The first-order valence-corrected chi connectivity index (χ1v) is 8.95. The fraction of sp³-hybridized carbons (Fsp3) is 0.389. The van der Waals surface area contributed by atoms with E-state index in [-0.39, 0.29) is 24.4 Å². The van der Waals surface area contributed by atoms with Crippen molar-refractivity contribution in [3.63, 3.8) is 0 Å². The number of nitrogens with two attached hydrogens (primary N) is 1. The molecule has 27 heavy (non-hydrogen) atoms. The summed E-state index contributed by atoms with van der Waals surface area (Å²) in [6, 6.07) is 6.70. The zero-order chi connectivity index (χ0) is 18.8. The van der Waals surface area contributed by atoms with Crippen LogP contribution in [0, 0.1) is 5.82 Å². The van der Waals surface area contributed by atoms with E-state index in [1.807, 2.05) is 0 Å². The number of anilines is 2. The maximum Gasteiger partial charge on any atom is 0.224 e. The largest absolute Gasteiger partial charge is 0.396 e. The molecule has 4 rings (SSSR count). The summed E-state index contributed by atoms with van der Waals surface area (Å²) in [6.07, 6.45) is 2.22. The van der Waals surface area contributed by atoms with Gasteiger partial charge < -0.3 is 20.7 Å². The molecule has 0 bridgehead atoms. The fourth-order valence-electron chi connectivity index (χ4n) is 3.60. The van der Waals surface area contributed by atoms with Crippen molar-refractivity contribution in [2.45, 2.75) is 19.0 Å². The van der Waals surface area contributed by atoms with E-state index in [0.29, 0.717) is 25.2 Å². The second-order valence-electron chi connectivity index (χ2n) is 6.72. The molecule has 0 unspecified atom stereocenters. The molecule has 2 aromatic heterocycles. The van der Waals surface area contributed by atoms with Gasteiger partial charge >= 0.3 is 0 Å². The molecule has 1 saturated heterocycles. The Kier molecular flexibility index (Phi) is 4.87. The SMILES string of the molecule is Nc1nc(N2CCN(Cc3ccc(F)cc3)[C@H](CCO)C2)c2[nH]cnc2n1. The van der Waals surface area contributed by atoms with Crippen molar-refractivity contribution >= 4 is 22.9 Å². The number of nitrogen functional groups attached to an aromatic ring is 1. The first-order valence-electron chi connectivity index (χ1n) is 8.95. The smallest absolute Gasteiger partial charge is 0.224 e. The summed E-state index contributed by atoms with van der Waals surface area (Å²) in [5.41, 5.74) is 8.20. The van der Waals surface area contributed by atoms with E-state index in [1.54, 1.807) is 18.5 Å². The fourth-order valence-corrected chi connectivity index (χ4v) is 3.60. The summed E-state index contributed by atoms with van der Waals surface area (Å²) < 4.78 is 13.2. The Hall–Kier alpha value is -2.78. The van der Waals surface area contributed by atoms with Gasteiger partial charge in [0, 0.05) is 38.8 Å². The molecule has 0 aliphatic carbocycles. The van der Waals surface area contributed by atoms with Crippen molar-refractivity contribution in [2.24, 2.45) is 0 Å². The molecular weight excluding hydrogens is 349 g/mol. The molecule has 3 heterocycles. The van der Waals surface area contributed by atoms with Gasteiger partial charge in [0.25, 0.3) is 0 Å². The number of aliphatic hydroxyl groups is 1. The number of aromatic nitrogens is 4. The maximum absolute atomic E-state index is 13.2. The van der Waals surface area contributed by atoms with Gasteiger partial charge in [-0.15, -0.1) is 0 Å². The van der Waals surface area contributed by atoms with Gasteiger partial charge in [0.05, 0.1) is 6.33 Å². The van der Waals surface area contributed by atoms with Crippen LogP contribution in [-0.4, -0.2) is 62.2 Å². The van der Waals surface area contributed by atoms with Gasteiger partial charge in [-0.3, -0.25) is 4.90 Å². The van der Waals surface area contributed by atoms with Gasteiger partial charge in [-0.2, -0.15) is 9.97 Å². The predicted octanol–water partition coefficient (Wildman–Crippen LogP) is 1.15. The van der Waals surface area contributed by atoms with E-state index in [4.69, 9.17) is 5.73 Å². The van der Waals surface area contributed by atoms with Crippen molar-refractivity contribution in [2.75, 3.05) is 36.9 Å². The quantitative estimate of drug-likeness (QED) is 0.617. The van der Waals surface area contributed by atoms with Crippen LogP contribution in [0.3, 0.4) is 0 Å². The van der Waals surface area contributed by atoms with E-state index < -0.39 is 0 Å². The Balaban J connectivity index is 1.55. The molecule has 0 saturated carbocycles. The zero-order valence-electron chi connectivity index (χ0n) is 14.8. The van der Waals surface area contributed by atoms with Crippen LogP contribution in [0.4, 0.5) is 16.2 Å². The number of benzene rings is 1. The molecule has 3 aromatic rings. The van der Waals surface area contributed by atoms with E-state index in [2.05, 4.69) is 29.7 Å². The predicted molar refractivity (Wildman–Crippen MR) is 101 cm³/mol. The number of aliphatic hydroxyl groups excluding tert-OH is 1. The highest BCUT2D eigenvalue weighted by atomic mass is 19.1. The minimum Gasteiger partial charge on any atom is -0.396 e. The van der Waals surface area contributed by atoms with Crippen LogP contribution >= 0.6 is 0 Å². The molecule has 8 nitrogen and oxygen atoms in total. The third-order valence-electron chi connectivity index (χ3n) is 4.95. The van der Waals surface area contributed by atoms with Gasteiger partial charge in [0.15, 0.2) is 11.5 Å². The lowest BCUT2D eigenvalue weighted by molar-refractivity contribution is 0.135. The van der Waals surface area contributed by atoms with Crippen LogP contribution in [-0.2, 0) is 6.54 Å². The molecular formula is C18H22FN7O. The first kappa shape index (κ1) is 17.6. The van der Waals surface area contributed by atoms with E-state index >= 15 is 0 Å². The zero-order valence-corrected chi connectivity index (χ0v) is 14.8. The lowest BCUT2D eigenvalue weighted by Crippen LogP contribution is -2.53. The molecule has 1 aliphatic heterocycles. The van der Waals surface area contributed by atoms with Gasteiger partial charge in [-0.1, -0.05) is 12.1 Å². The average molecular weight is 371 g/mol. The second-order valence-corrected chi connectivity index (χ2v) is 6.72. The number of H-pyrrole nitrogens is 1.